The molecule has 0 aliphatic heterocycles. The summed E-state index contributed by atoms with van der Waals surface area (Å²) >= 11 is 8.79. The first-order valence-corrected chi connectivity index (χ1v) is 13.2. The third-order valence-electron chi connectivity index (χ3n) is 5.13. The Morgan fingerprint density at radius 1 is 1.03 bits per heavy atom. The van der Waals surface area contributed by atoms with Crippen LogP contribution in [-0.2, 0) is 11.3 Å². The molecule has 2 aromatic heterocycles. The van der Waals surface area contributed by atoms with Crippen molar-refractivity contribution in [3.05, 3.63) is 95.0 Å². The Bertz CT molecular complexity index is 1570. The standard InChI is InChI=1S/C25H18ClFN6O2S2/c26-16-6-4-8-18(12-16)33-21(13-28-23(35)15-5-3-7-17(27)11-15)31-32-25(33)36-14-22(34)30-24-29-19-9-1-2-10-20(19)37-24/h1-12H,13-14H2,(H,28,35)(H,29,30,34). The number of hydrogen-bond acceptors (Lipinski definition) is 7. The lowest BCUT2D eigenvalue weighted by molar-refractivity contribution is -0.113. The van der Waals surface area contributed by atoms with Crippen LogP contribution in [0.3, 0.4) is 0 Å². The molecule has 0 saturated carbocycles. The van der Waals surface area contributed by atoms with E-state index in [2.05, 4.69) is 25.8 Å². The van der Waals surface area contributed by atoms with Gasteiger partial charge in [-0.05, 0) is 48.5 Å². The van der Waals surface area contributed by atoms with E-state index in [1.54, 1.807) is 22.8 Å². The lowest BCUT2D eigenvalue weighted by atomic mass is 10.2. The molecule has 0 aliphatic rings. The molecular weight excluding hydrogens is 535 g/mol. The number of thiazole rings is 1. The van der Waals surface area contributed by atoms with Crippen molar-refractivity contribution in [3.63, 3.8) is 0 Å². The highest BCUT2D eigenvalue weighted by molar-refractivity contribution is 7.99. The van der Waals surface area contributed by atoms with E-state index in [4.69, 9.17) is 11.6 Å². The molecule has 37 heavy (non-hydrogen) atoms. The zero-order valence-electron chi connectivity index (χ0n) is 19.0. The number of aromatic nitrogens is 4. The number of anilines is 1. The summed E-state index contributed by atoms with van der Waals surface area (Å²) in [6.07, 6.45) is 0. The number of fused-ring (bicyclic) bond motifs is 1. The largest absolute Gasteiger partial charge is 0.345 e. The molecule has 186 valence electrons. The van der Waals surface area contributed by atoms with Crippen molar-refractivity contribution in [1.29, 1.82) is 0 Å². The van der Waals surface area contributed by atoms with E-state index >= 15 is 0 Å². The smallest absolute Gasteiger partial charge is 0.251 e. The van der Waals surface area contributed by atoms with E-state index in [0.29, 0.717) is 26.8 Å². The normalized spacial score (nSPS) is 11.0. The van der Waals surface area contributed by atoms with Gasteiger partial charge in [0.15, 0.2) is 16.1 Å². The number of halogens is 2. The van der Waals surface area contributed by atoms with Crippen LogP contribution < -0.4 is 10.6 Å². The van der Waals surface area contributed by atoms with Gasteiger partial charge < -0.3 is 10.6 Å². The van der Waals surface area contributed by atoms with Gasteiger partial charge in [-0.15, -0.1) is 10.2 Å². The van der Waals surface area contributed by atoms with Crippen molar-refractivity contribution < 1.29 is 14.0 Å². The first kappa shape index (κ1) is 24.9. The number of carbonyl (C=O) groups is 2. The second-order valence-corrected chi connectivity index (χ2v) is 10.1. The maximum absolute atomic E-state index is 13.5. The summed E-state index contributed by atoms with van der Waals surface area (Å²) in [5, 5.41) is 15.5. The molecule has 12 heteroatoms. The molecular formula is C25H18ClFN6O2S2. The van der Waals surface area contributed by atoms with E-state index in [-0.39, 0.29) is 23.8 Å². The molecule has 2 heterocycles. The number of hydrogen-bond donors (Lipinski definition) is 2. The summed E-state index contributed by atoms with van der Waals surface area (Å²) in [6.45, 7) is 0.0212. The molecule has 0 spiro atoms. The number of nitrogens with zero attached hydrogens (tertiary/aromatic N) is 4. The van der Waals surface area contributed by atoms with Crippen LogP contribution in [0.15, 0.2) is 78.0 Å². The maximum atomic E-state index is 13.5. The summed E-state index contributed by atoms with van der Waals surface area (Å²) in [5.41, 5.74) is 1.68. The number of carbonyl (C=O) groups excluding carboxylic acids is 2. The average molecular weight is 553 g/mol. The van der Waals surface area contributed by atoms with Crippen molar-refractivity contribution in [2.45, 2.75) is 11.7 Å². The fourth-order valence-electron chi connectivity index (χ4n) is 3.49. The van der Waals surface area contributed by atoms with Crippen LogP contribution in [0, 0.1) is 5.82 Å². The first-order chi connectivity index (χ1) is 18.0. The van der Waals surface area contributed by atoms with Crippen LogP contribution in [0.5, 0.6) is 0 Å². The van der Waals surface area contributed by atoms with Gasteiger partial charge in [0.2, 0.25) is 5.91 Å². The molecule has 0 unspecified atom stereocenters. The quantitative estimate of drug-likeness (QED) is 0.252. The Balaban J connectivity index is 1.32. The third kappa shape index (κ3) is 5.96. The fraction of sp³-hybridized carbons (Fsp3) is 0.0800. The second-order valence-electron chi connectivity index (χ2n) is 7.73. The summed E-state index contributed by atoms with van der Waals surface area (Å²) in [6, 6.07) is 20.1. The Morgan fingerprint density at radius 2 is 1.86 bits per heavy atom. The summed E-state index contributed by atoms with van der Waals surface area (Å²) in [4.78, 5) is 29.6. The zero-order chi connectivity index (χ0) is 25.8. The van der Waals surface area contributed by atoms with Crippen LogP contribution in [-0.4, -0.2) is 37.3 Å². The van der Waals surface area contributed by atoms with Crippen molar-refractivity contribution in [2.24, 2.45) is 0 Å². The Morgan fingerprint density at radius 3 is 2.68 bits per heavy atom. The molecule has 2 N–H and O–H groups in total. The number of rotatable bonds is 8. The highest BCUT2D eigenvalue weighted by Crippen LogP contribution is 2.27. The van der Waals surface area contributed by atoms with Gasteiger partial charge in [0, 0.05) is 10.6 Å². The lowest BCUT2D eigenvalue weighted by Crippen LogP contribution is -2.24. The average Bonchev–Trinajstić information content (AvgIpc) is 3.49. The summed E-state index contributed by atoms with van der Waals surface area (Å²) in [7, 11) is 0. The molecule has 5 aromatic rings. The molecule has 0 bridgehead atoms. The molecule has 5 rings (SSSR count). The van der Waals surface area contributed by atoms with Crippen molar-refractivity contribution in [1.82, 2.24) is 25.1 Å². The number of thioether (sulfide) groups is 1. The molecule has 0 saturated heterocycles. The Hall–Kier alpha value is -3.80. The van der Waals surface area contributed by atoms with Gasteiger partial charge in [0.25, 0.3) is 5.91 Å². The molecule has 0 atom stereocenters. The van der Waals surface area contributed by atoms with Gasteiger partial charge in [-0.25, -0.2) is 9.37 Å². The van der Waals surface area contributed by atoms with E-state index in [9.17, 15) is 14.0 Å². The number of benzene rings is 3. The second kappa shape index (κ2) is 11.1. The van der Waals surface area contributed by atoms with Crippen LogP contribution in [0.1, 0.15) is 16.2 Å². The highest BCUT2D eigenvalue weighted by Gasteiger charge is 2.18. The van der Waals surface area contributed by atoms with Crippen molar-refractivity contribution in [2.75, 3.05) is 11.1 Å². The summed E-state index contributed by atoms with van der Waals surface area (Å²) < 4.78 is 16.2. The van der Waals surface area contributed by atoms with Crippen LogP contribution in [0.25, 0.3) is 15.9 Å². The molecule has 8 nitrogen and oxygen atoms in total. The van der Waals surface area contributed by atoms with Gasteiger partial charge in [-0.3, -0.25) is 14.2 Å². The minimum atomic E-state index is -0.502. The van der Waals surface area contributed by atoms with Crippen molar-refractivity contribution >= 4 is 61.9 Å². The maximum Gasteiger partial charge on any atom is 0.251 e. The van der Waals surface area contributed by atoms with E-state index in [0.717, 1.165) is 16.3 Å². The van der Waals surface area contributed by atoms with Crippen molar-refractivity contribution in [3.8, 4) is 5.69 Å². The fourth-order valence-corrected chi connectivity index (χ4v) is 5.32. The van der Waals surface area contributed by atoms with E-state index in [1.807, 2.05) is 30.3 Å². The van der Waals surface area contributed by atoms with Crippen LogP contribution >= 0.6 is 34.7 Å². The third-order valence-corrected chi connectivity index (χ3v) is 7.25. The highest BCUT2D eigenvalue weighted by atomic mass is 35.5. The summed E-state index contributed by atoms with van der Waals surface area (Å²) in [5.74, 6) is -0.724. The topological polar surface area (TPSA) is 102 Å². The van der Waals surface area contributed by atoms with Crippen LogP contribution in [0.2, 0.25) is 5.02 Å². The lowest BCUT2D eigenvalue weighted by Gasteiger charge is -2.11. The van der Waals surface area contributed by atoms with Gasteiger partial charge in [-0.1, -0.05) is 59.0 Å². The molecule has 0 aliphatic carbocycles. The molecule has 2 amide bonds. The van der Waals surface area contributed by atoms with Gasteiger partial charge in [-0.2, -0.15) is 0 Å². The minimum Gasteiger partial charge on any atom is -0.345 e. The Kier molecular flexibility index (Phi) is 7.45. The predicted molar refractivity (Wildman–Crippen MR) is 143 cm³/mol. The first-order valence-electron chi connectivity index (χ1n) is 11.0. The predicted octanol–water partition coefficient (Wildman–Crippen LogP) is 5.33. The Labute approximate surface area is 223 Å². The monoisotopic (exact) mass is 552 g/mol. The molecule has 0 fully saturated rings. The van der Waals surface area contributed by atoms with Gasteiger partial charge in [0.05, 0.1) is 28.2 Å². The minimum absolute atomic E-state index is 0.0212. The molecule has 0 radical (unpaired) electrons. The van der Waals surface area contributed by atoms with Gasteiger partial charge >= 0.3 is 0 Å². The number of para-hydroxylation sites is 1. The SMILES string of the molecule is O=C(CSc1nnc(CNC(=O)c2cccc(F)c2)n1-c1cccc(Cl)c1)Nc1nc2ccccc2s1. The van der Waals surface area contributed by atoms with E-state index in [1.165, 1.54) is 41.3 Å². The number of nitrogens with one attached hydrogen (secondary N) is 2. The number of amides is 2. The van der Waals surface area contributed by atoms with Gasteiger partial charge in [0.1, 0.15) is 5.82 Å². The van der Waals surface area contributed by atoms with Crippen LogP contribution in [0.4, 0.5) is 9.52 Å². The zero-order valence-corrected chi connectivity index (χ0v) is 21.4. The van der Waals surface area contributed by atoms with E-state index < -0.39 is 11.7 Å². The molecule has 3 aromatic carbocycles.